The molecule has 0 N–H and O–H groups in total. The first kappa shape index (κ1) is 24.4. The van der Waals surface area contributed by atoms with E-state index in [2.05, 4.69) is 0 Å². The van der Waals surface area contributed by atoms with E-state index in [1.807, 2.05) is 0 Å². The quantitative estimate of drug-likeness (QED) is 0.402. The van der Waals surface area contributed by atoms with Crippen LogP contribution in [0.1, 0.15) is 31.8 Å². The van der Waals surface area contributed by atoms with E-state index in [0.717, 1.165) is 16.0 Å². The molecule has 8 nitrogen and oxygen atoms in total. The van der Waals surface area contributed by atoms with Gasteiger partial charge in [0.05, 0.1) is 31.1 Å². The van der Waals surface area contributed by atoms with Crippen LogP contribution >= 0.6 is 0 Å². The van der Waals surface area contributed by atoms with Crippen LogP contribution in [-0.2, 0) is 23.1 Å². The summed E-state index contributed by atoms with van der Waals surface area (Å²) in [5, 5.41) is 0. The Morgan fingerprint density at radius 1 is 0.714 bits per heavy atom. The molecular weight excluding hydrogens is 468 g/mol. The molecule has 0 atom stereocenters. The van der Waals surface area contributed by atoms with E-state index in [1.165, 1.54) is 4.31 Å². The molecule has 0 unspecified atom stereocenters. The molecule has 9 heteroatoms. The summed E-state index contributed by atoms with van der Waals surface area (Å²) < 4.78 is 38.6. The topological polar surface area (TPSA) is 93.2 Å². The molecule has 1 heterocycles. The van der Waals surface area contributed by atoms with Gasteiger partial charge in [0, 0.05) is 19.6 Å². The maximum absolute atomic E-state index is 13.5. The summed E-state index contributed by atoms with van der Waals surface area (Å²) in [4.78, 5) is 26.3. The van der Waals surface area contributed by atoms with E-state index >= 15 is 0 Å². The van der Waals surface area contributed by atoms with Crippen LogP contribution in [0.15, 0.2) is 72.8 Å². The molecule has 3 aromatic carbocycles. The molecule has 1 aliphatic heterocycles. The van der Waals surface area contributed by atoms with Crippen molar-refractivity contribution < 1.29 is 27.5 Å². The maximum Gasteiger partial charge on any atom is 0.261 e. The number of fused-ring (bicyclic) bond motifs is 1. The predicted molar refractivity (Wildman–Crippen MR) is 131 cm³/mol. The van der Waals surface area contributed by atoms with E-state index in [-0.39, 0.29) is 25.4 Å². The summed E-state index contributed by atoms with van der Waals surface area (Å²) in [7, 11) is -0.719. The fourth-order valence-electron chi connectivity index (χ4n) is 3.90. The lowest BCUT2D eigenvalue weighted by Crippen LogP contribution is -2.39. The van der Waals surface area contributed by atoms with Gasteiger partial charge in [-0.15, -0.1) is 0 Å². The van der Waals surface area contributed by atoms with Crippen LogP contribution in [0.2, 0.25) is 0 Å². The molecule has 35 heavy (non-hydrogen) atoms. The van der Waals surface area contributed by atoms with Gasteiger partial charge < -0.3 is 9.47 Å². The number of benzene rings is 3. The summed E-state index contributed by atoms with van der Waals surface area (Å²) in [6, 6.07) is 20.8. The first-order valence-corrected chi connectivity index (χ1v) is 12.6. The maximum atomic E-state index is 13.5. The van der Waals surface area contributed by atoms with Gasteiger partial charge in [-0.2, -0.15) is 4.31 Å². The Morgan fingerprint density at radius 2 is 1.14 bits per heavy atom. The minimum atomic E-state index is -3.85. The smallest absolute Gasteiger partial charge is 0.261 e. The molecule has 0 saturated heterocycles. The highest BCUT2D eigenvalue weighted by Gasteiger charge is 2.36. The third-order valence-electron chi connectivity index (χ3n) is 5.88. The number of methoxy groups -OCH3 is 2. The average Bonchev–Trinajstić information content (AvgIpc) is 3.12. The number of imide groups is 1. The Labute approximate surface area is 204 Å². The van der Waals surface area contributed by atoms with Crippen molar-refractivity contribution >= 4 is 21.8 Å². The minimum absolute atomic E-state index is 0.125. The van der Waals surface area contributed by atoms with Gasteiger partial charge in [-0.3, -0.25) is 14.5 Å². The van der Waals surface area contributed by atoms with Crippen molar-refractivity contribution in [3.63, 3.8) is 0 Å². The second kappa shape index (κ2) is 10.3. The van der Waals surface area contributed by atoms with E-state index in [1.54, 1.807) is 87.0 Å². The van der Waals surface area contributed by atoms with Crippen molar-refractivity contribution in [3.05, 3.63) is 95.1 Å². The zero-order chi connectivity index (χ0) is 25.0. The monoisotopic (exact) mass is 494 g/mol. The van der Waals surface area contributed by atoms with Crippen LogP contribution in [-0.4, -0.2) is 56.0 Å². The van der Waals surface area contributed by atoms with Crippen molar-refractivity contribution in [2.45, 2.75) is 13.1 Å². The van der Waals surface area contributed by atoms with Gasteiger partial charge in [-0.05, 0) is 47.5 Å². The first-order chi connectivity index (χ1) is 16.8. The van der Waals surface area contributed by atoms with Crippen molar-refractivity contribution in [3.8, 4) is 11.5 Å². The summed E-state index contributed by atoms with van der Waals surface area (Å²) in [5.74, 6) is 0.00769. The van der Waals surface area contributed by atoms with Crippen molar-refractivity contribution in [2.24, 2.45) is 0 Å². The molecule has 0 aromatic heterocycles. The Balaban J connectivity index is 1.54. The third kappa shape index (κ3) is 5.36. The lowest BCUT2D eigenvalue weighted by Gasteiger charge is -2.24. The highest BCUT2D eigenvalue weighted by molar-refractivity contribution is 7.89. The van der Waals surface area contributed by atoms with E-state index in [0.29, 0.717) is 22.6 Å². The predicted octanol–water partition coefficient (Wildman–Crippen LogP) is 3.33. The number of hydrogen-bond acceptors (Lipinski definition) is 6. The van der Waals surface area contributed by atoms with Crippen LogP contribution in [0.5, 0.6) is 11.5 Å². The van der Waals surface area contributed by atoms with Crippen molar-refractivity contribution in [1.29, 1.82) is 0 Å². The van der Waals surface area contributed by atoms with Gasteiger partial charge in [0.2, 0.25) is 10.0 Å². The molecule has 0 bridgehead atoms. The van der Waals surface area contributed by atoms with Crippen molar-refractivity contribution in [2.75, 3.05) is 26.5 Å². The molecule has 3 aromatic rings. The van der Waals surface area contributed by atoms with Gasteiger partial charge in [0.1, 0.15) is 11.5 Å². The zero-order valence-electron chi connectivity index (χ0n) is 19.5. The minimum Gasteiger partial charge on any atom is -0.497 e. The molecule has 4 rings (SSSR count). The van der Waals surface area contributed by atoms with E-state index in [4.69, 9.17) is 9.47 Å². The Kier molecular flexibility index (Phi) is 7.18. The number of amides is 2. The molecule has 182 valence electrons. The van der Waals surface area contributed by atoms with Crippen molar-refractivity contribution in [1.82, 2.24) is 9.21 Å². The standard InChI is InChI=1S/C26H26N2O6S/c1-33-21-11-7-19(8-12-21)17-27(18-20-9-13-22(34-2)14-10-20)35(31,32)16-15-28-25(29)23-5-3-4-6-24(23)26(28)30/h3-14H,15-18H2,1-2H3. The molecule has 0 saturated carbocycles. The number of ether oxygens (including phenoxy) is 2. The molecule has 0 aliphatic carbocycles. The fourth-order valence-corrected chi connectivity index (χ4v) is 5.26. The Bertz CT molecular complexity index is 1240. The molecule has 1 aliphatic rings. The number of carbonyl (C=O) groups excluding carboxylic acids is 2. The van der Waals surface area contributed by atoms with Gasteiger partial charge in [-0.25, -0.2) is 8.42 Å². The van der Waals surface area contributed by atoms with Crippen LogP contribution in [0.3, 0.4) is 0 Å². The summed E-state index contributed by atoms with van der Waals surface area (Å²) in [6.07, 6.45) is 0. The molecule has 0 spiro atoms. The zero-order valence-corrected chi connectivity index (χ0v) is 20.3. The lowest BCUT2D eigenvalue weighted by atomic mass is 10.1. The normalized spacial score (nSPS) is 13.3. The van der Waals surface area contributed by atoms with Crippen LogP contribution in [0.4, 0.5) is 0 Å². The SMILES string of the molecule is COc1ccc(CN(Cc2ccc(OC)cc2)S(=O)(=O)CCN2C(=O)c3ccccc3C2=O)cc1. The van der Waals surface area contributed by atoms with Gasteiger partial charge >= 0.3 is 0 Å². The Morgan fingerprint density at radius 3 is 1.54 bits per heavy atom. The Hall–Kier alpha value is -3.69. The van der Waals surface area contributed by atoms with Gasteiger partial charge in [-0.1, -0.05) is 36.4 Å². The van der Waals surface area contributed by atoms with E-state index in [9.17, 15) is 18.0 Å². The molecular formula is C26H26N2O6S. The molecule has 0 radical (unpaired) electrons. The summed E-state index contributed by atoms with van der Waals surface area (Å²) >= 11 is 0. The number of hydrogen-bond donors (Lipinski definition) is 0. The average molecular weight is 495 g/mol. The highest BCUT2D eigenvalue weighted by atomic mass is 32.2. The van der Waals surface area contributed by atoms with Crippen LogP contribution < -0.4 is 9.47 Å². The molecule has 2 amide bonds. The third-order valence-corrected chi connectivity index (χ3v) is 7.62. The summed E-state index contributed by atoms with van der Waals surface area (Å²) in [6.45, 7) is 0.0252. The van der Waals surface area contributed by atoms with Crippen LogP contribution in [0.25, 0.3) is 0 Å². The summed E-state index contributed by atoms with van der Waals surface area (Å²) in [5.41, 5.74) is 2.15. The number of rotatable bonds is 10. The first-order valence-electron chi connectivity index (χ1n) is 11.0. The highest BCUT2D eigenvalue weighted by Crippen LogP contribution is 2.24. The number of sulfonamides is 1. The number of nitrogens with zero attached hydrogens (tertiary/aromatic N) is 2. The number of carbonyl (C=O) groups is 2. The largest absolute Gasteiger partial charge is 0.497 e. The fraction of sp³-hybridized carbons (Fsp3) is 0.231. The molecule has 0 fully saturated rings. The second-order valence-electron chi connectivity index (χ2n) is 8.09. The van der Waals surface area contributed by atoms with Crippen LogP contribution in [0, 0.1) is 0 Å². The van der Waals surface area contributed by atoms with E-state index < -0.39 is 21.8 Å². The lowest BCUT2D eigenvalue weighted by molar-refractivity contribution is 0.0663. The van der Waals surface area contributed by atoms with Gasteiger partial charge in [0.25, 0.3) is 11.8 Å². The van der Waals surface area contributed by atoms with Gasteiger partial charge in [0.15, 0.2) is 0 Å². The second-order valence-corrected chi connectivity index (χ2v) is 10.2.